The van der Waals surface area contributed by atoms with Gasteiger partial charge in [0.2, 0.25) is 0 Å². The van der Waals surface area contributed by atoms with Gasteiger partial charge in [0.1, 0.15) is 4.64 Å². The standard InChI is InChI=1S/C10H5F3N2S/c11-6-2-1-5(9(12)10(6)13)7-3-4-8(16)15-14-7/h1-4H,(H,15,16). The molecule has 0 aliphatic carbocycles. The van der Waals surface area contributed by atoms with Crippen molar-refractivity contribution in [2.75, 3.05) is 0 Å². The van der Waals surface area contributed by atoms with Crippen LogP contribution in [-0.2, 0) is 0 Å². The van der Waals surface area contributed by atoms with Crippen LogP contribution < -0.4 is 0 Å². The first kappa shape index (κ1) is 10.8. The van der Waals surface area contributed by atoms with Crippen LogP contribution >= 0.6 is 12.2 Å². The van der Waals surface area contributed by atoms with Crippen LogP contribution in [0.25, 0.3) is 11.3 Å². The van der Waals surface area contributed by atoms with Gasteiger partial charge in [0.15, 0.2) is 17.5 Å². The van der Waals surface area contributed by atoms with Crippen LogP contribution in [0.2, 0.25) is 0 Å². The first-order chi connectivity index (χ1) is 7.59. The summed E-state index contributed by atoms with van der Waals surface area (Å²) in [6, 6.07) is 4.87. The maximum atomic E-state index is 13.4. The minimum absolute atomic E-state index is 0.120. The van der Waals surface area contributed by atoms with Crippen molar-refractivity contribution in [3.63, 3.8) is 0 Å². The summed E-state index contributed by atoms with van der Waals surface area (Å²) in [7, 11) is 0. The Labute approximate surface area is 93.8 Å². The maximum absolute atomic E-state index is 13.4. The minimum Gasteiger partial charge on any atom is -0.267 e. The van der Waals surface area contributed by atoms with Crippen LogP contribution in [-0.4, -0.2) is 10.2 Å². The van der Waals surface area contributed by atoms with Gasteiger partial charge in [-0.1, -0.05) is 12.2 Å². The van der Waals surface area contributed by atoms with Crippen molar-refractivity contribution in [1.82, 2.24) is 10.2 Å². The molecule has 0 saturated heterocycles. The summed E-state index contributed by atoms with van der Waals surface area (Å²) >= 11 is 4.76. The van der Waals surface area contributed by atoms with Crippen molar-refractivity contribution in [1.29, 1.82) is 0 Å². The third kappa shape index (κ3) is 1.83. The Kier molecular flexibility index (Phi) is 2.74. The predicted molar refractivity (Wildman–Crippen MR) is 54.7 cm³/mol. The number of hydrogen-bond acceptors (Lipinski definition) is 2. The molecule has 6 heteroatoms. The third-order valence-corrected chi connectivity index (χ3v) is 2.22. The largest absolute Gasteiger partial charge is 0.267 e. The number of nitrogens with zero attached hydrogens (tertiary/aromatic N) is 1. The number of hydrogen-bond donors (Lipinski definition) is 1. The van der Waals surface area contributed by atoms with Crippen LogP contribution in [0.15, 0.2) is 24.3 Å². The van der Waals surface area contributed by atoms with Gasteiger partial charge in [-0.25, -0.2) is 13.2 Å². The van der Waals surface area contributed by atoms with Crippen LogP contribution in [0.3, 0.4) is 0 Å². The molecule has 0 radical (unpaired) electrons. The zero-order chi connectivity index (χ0) is 11.7. The third-order valence-electron chi connectivity index (χ3n) is 1.99. The molecule has 0 bridgehead atoms. The SMILES string of the molecule is Fc1ccc(-c2ccc(=S)[nH]n2)c(F)c1F. The maximum Gasteiger partial charge on any atom is 0.195 e. The van der Waals surface area contributed by atoms with E-state index in [0.29, 0.717) is 4.64 Å². The highest BCUT2D eigenvalue weighted by atomic mass is 32.1. The average molecular weight is 242 g/mol. The molecule has 0 saturated carbocycles. The number of aromatic nitrogens is 2. The van der Waals surface area contributed by atoms with Crippen LogP contribution in [0.5, 0.6) is 0 Å². The molecule has 0 aliphatic rings. The molecule has 1 aromatic carbocycles. The van der Waals surface area contributed by atoms with Crippen LogP contribution in [0.4, 0.5) is 13.2 Å². The Balaban J connectivity index is 2.61. The Morgan fingerprint density at radius 1 is 1.00 bits per heavy atom. The molecule has 2 aromatic rings. The Bertz CT molecular complexity index is 575. The topological polar surface area (TPSA) is 28.7 Å². The highest BCUT2D eigenvalue weighted by Gasteiger charge is 2.15. The number of aromatic amines is 1. The average Bonchev–Trinajstić information content (AvgIpc) is 2.28. The van der Waals surface area contributed by atoms with Gasteiger partial charge in [0.05, 0.1) is 5.69 Å². The van der Waals surface area contributed by atoms with Gasteiger partial charge in [-0.2, -0.15) is 5.10 Å². The lowest BCUT2D eigenvalue weighted by atomic mass is 10.1. The van der Waals surface area contributed by atoms with Gasteiger partial charge >= 0.3 is 0 Å². The van der Waals surface area contributed by atoms with Gasteiger partial charge in [-0.05, 0) is 24.3 Å². The lowest BCUT2D eigenvalue weighted by Gasteiger charge is -2.03. The lowest BCUT2D eigenvalue weighted by molar-refractivity contribution is 0.448. The quantitative estimate of drug-likeness (QED) is 0.614. The second kappa shape index (κ2) is 4.05. The van der Waals surface area contributed by atoms with E-state index in [-0.39, 0.29) is 11.3 Å². The minimum atomic E-state index is -1.51. The molecule has 0 aliphatic heterocycles. The van der Waals surface area contributed by atoms with E-state index in [4.69, 9.17) is 12.2 Å². The van der Waals surface area contributed by atoms with E-state index in [1.54, 1.807) is 0 Å². The highest BCUT2D eigenvalue weighted by molar-refractivity contribution is 7.71. The molecule has 0 amide bonds. The van der Waals surface area contributed by atoms with E-state index in [2.05, 4.69) is 10.2 Å². The van der Waals surface area contributed by atoms with Gasteiger partial charge in [-0.15, -0.1) is 0 Å². The van der Waals surface area contributed by atoms with E-state index in [0.717, 1.165) is 12.1 Å². The number of H-pyrrole nitrogens is 1. The van der Waals surface area contributed by atoms with Crippen LogP contribution in [0, 0.1) is 22.1 Å². The molecule has 0 spiro atoms. The summed E-state index contributed by atoms with van der Waals surface area (Å²) in [5.41, 5.74) is 0.0372. The fourth-order valence-electron chi connectivity index (χ4n) is 1.22. The predicted octanol–water partition coefficient (Wildman–Crippen LogP) is 3.22. The molecule has 0 unspecified atom stereocenters. The second-order valence-corrected chi connectivity index (χ2v) is 3.47. The zero-order valence-corrected chi connectivity index (χ0v) is 8.62. The second-order valence-electron chi connectivity index (χ2n) is 3.03. The van der Waals surface area contributed by atoms with E-state index in [9.17, 15) is 13.2 Å². The molecular weight excluding hydrogens is 237 g/mol. The number of nitrogens with one attached hydrogen (secondary N) is 1. The molecule has 1 aromatic heterocycles. The van der Waals surface area contributed by atoms with E-state index in [1.807, 2.05) is 0 Å². The fourth-order valence-corrected chi connectivity index (χ4v) is 1.33. The van der Waals surface area contributed by atoms with Gasteiger partial charge < -0.3 is 0 Å². The van der Waals surface area contributed by atoms with E-state index < -0.39 is 17.5 Å². The summed E-state index contributed by atoms with van der Waals surface area (Å²) in [5, 5.41) is 6.16. The first-order valence-corrected chi connectivity index (χ1v) is 4.70. The summed E-state index contributed by atoms with van der Waals surface area (Å²) in [4.78, 5) is 0. The summed E-state index contributed by atoms with van der Waals surface area (Å²) in [6.45, 7) is 0. The summed E-state index contributed by atoms with van der Waals surface area (Å²) in [5.74, 6) is -4.01. The number of halogens is 3. The Morgan fingerprint density at radius 2 is 1.75 bits per heavy atom. The normalized spacial score (nSPS) is 10.4. The molecule has 0 atom stereocenters. The molecule has 1 N–H and O–H groups in total. The molecule has 0 fully saturated rings. The van der Waals surface area contributed by atoms with Crippen molar-refractivity contribution in [2.24, 2.45) is 0 Å². The summed E-state index contributed by atoms with van der Waals surface area (Å²) < 4.78 is 39.3. The zero-order valence-electron chi connectivity index (χ0n) is 7.80. The smallest absolute Gasteiger partial charge is 0.195 e. The fraction of sp³-hybridized carbons (Fsp3) is 0. The number of rotatable bonds is 1. The molecule has 16 heavy (non-hydrogen) atoms. The van der Waals surface area contributed by atoms with Crippen molar-refractivity contribution in [2.45, 2.75) is 0 Å². The van der Waals surface area contributed by atoms with Crippen molar-refractivity contribution < 1.29 is 13.2 Å². The Morgan fingerprint density at radius 3 is 2.38 bits per heavy atom. The van der Waals surface area contributed by atoms with Gasteiger partial charge in [0, 0.05) is 5.56 Å². The van der Waals surface area contributed by atoms with Crippen molar-refractivity contribution >= 4 is 12.2 Å². The lowest BCUT2D eigenvalue weighted by Crippen LogP contribution is -1.96. The van der Waals surface area contributed by atoms with E-state index >= 15 is 0 Å². The van der Waals surface area contributed by atoms with Gasteiger partial charge in [0.25, 0.3) is 0 Å². The monoisotopic (exact) mass is 242 g/mol. The Hall–Kier alpha value is -1.69. The van der Waals surface area contributed by atoms with Crippen LogP contribution in [0.1, 0.15) is 0 Å². The number of benzene rings is 1. The molecule has 2 nitrogen and oxygen atoms in total. The summed E-state index contributed by atoms with van der Waals surface area (Å²) in [6.07, 6.45) is 0. The van der Waals surface area contributed by atoms with Gasteiger partial charge in [-0.3, -0.25) is 5.10 Å². The van der Waals surface area contributed by atoms with Crippen molar-refractivity contribution in [3.8, 4) is 11.3 Å². The molecule has 2 rings (SSSR count). The highest BCUT2D eigenvalue weighted by Crippen LogP contribution is 2.23. The van der Waals surface area contributed by atoms with E-state index in [1.165, 1.54) is 12.1 Å². The molecule has 82 valence electrons. The molecular formula is C10H5F3N2S. The molecule has 1 heterocycles. The van der Waals surface area contributed by atoms with Crippen molar-refractivity contribution in [3.05, 3.63) is 46.4 Å². The first-order valence-electron chi connectivity index (χ1n) is 4.29.